The number of benzene rings is 2. The van der Waals surface area contributed by atoms with Crippen molar-refractivity contribution in [1.29, 1.82) is 0 Å². The Hall–Kier alpha value is -2.25. The number of hydrogen-bond donors (Lipinski definition) is 2. The second-order valence-electron chi connectivity index (χ2n) is 5.89. The van der Waals surface area contributed by atoms with Crippen molar-refractivity contribution < 1.29 is 24.1 Å². The van der Waals surface area contributed by atoms with E-state index in [1.54, 1.807) is 0 Å². The minimum atomic E-state index is -1.17. The molecule has 2 heterocycles. The number of rotatable bonds is 3. The van der Waals surface area contributed by atoms with Gasteiger partial charge < -0.3 is 25.1 Å². The predicted octanol–water partition coefficient (Wildman–Crippen LogP) is 1.44. The van der Waals surface area contributed by atoms with Crippen LogP contribution in [0.25, 0.3) is 0 Å². The summed E-state index contributed by atoms with van der Waals surface area (Å²) in [4.78, 5) is 11.2. The van der Waals surface area contributed by atoms with Gasteiger partial charge in [0.2, 0.25) is 5.79 Å². The highest BCUT2D eigenvalue weighted by molar-refractivity contribution is 5.74. The number of ether oxygens (including phenoxy) is 3. The Balaban J connectivity index is 1.75. The van der Waals surface area contributed by atoms with E-state index in [1.807, 2.05) is 60.7 Å². The second-order valence-corrected chi connectivity index (χ2v) is 5.89. The molecule has 0 spiro atoms. The SMILES string of the molecule is NC1C2OC(c3ccccc3)(c3ccccc3)O[C@H]2O[C@@H]1C(=O)O. The minimum Gasteiger partial charge on any atom is -0.479 e. The van der Waals surface area contributed by atoms with Crippen LogP contribution in [0.15, 0.2) is 60.7 Å². The molecule has 6 heteroatoms. The van der Waals surface area contributed by atoms with Crippen molar-refractivity contribution in [1.82, 2.24) is 0 Å². The molecule has 2 aromatic carbocycles. The molecule has 2 fully saturated rings. The fourth-order valence-corrected chi connectivity index (χ4v) is 3.26. The number of carboxylic acid groups (broad SMARTS) is 1. The van der Waals surface area contributed by atoms with E-state index in [0.717, 1.165) is 11.1 Å². The molecule has 2 aliphatic heterocycles. The Kier molecular flexibility index (Phi) is 3.62. The first-order valence-electron chi connectivity index (χ1n) is 7.72. The first kappa shape index (κ1) is 15.3. The van der Waals surface area contributed by atoms with Crippen molar-refractivity contribution in [2.24, 2.45) is 5.73 Å². The van der Waals surface area contributed by atoms with Gasteiger partial charge in [-0.15, -0.1) is 0 Å². The van der Waals surface area contributed by atoms with Gasteiger partial charge in [-0.3, -0.25) is 0 Å². The van der Waals surface area contributed by atoms with E-state index >= 15 is 0 Å². The second kappa shape index (κ2) is 5.68. The van der Waals surface area contributed by atoms with Crippen LogP contribution in [0.3, 0.4) is 0 Å². The zero-order valence-electron chi connectivity index (χ0n) is 12.7. The summed E-state index contributed by atoms with van der Waals surface area (Å²) in [6, 6.07) is 18.2. The van der Waals surface area contributed by atoms with E-state index in [4.69, 9.17) is 19.9 Å². The molecule has 0 amide bonds. The van der Waals surface area contributed by atoms with Crippen LogP contribution in [-0.4, -0.2) is 35.6 Å². The molecule has 24 heavy (non-hydrogen) atoms. The fraction of sp³-hybridized carbons (Fsp3) is 0.278. The Morgan fingerprint density at radius 1 is 0.958 bits per heavy atom. The number of carboxylic acids is 1. The minimum absolute atomic E-state index is 0.661. The lowest BCUT2D eigenvalue weighted by Gasteiger charge is -2.31. The van der Waals surface area contributed by atoms with Gasteiger partial charge in [0, 0.05) is 11.1 Å². The van der Waals surface area contributed by atoms with Crippen LogP contribution in [-0.2, 0) is 24.8 Å². The number of fused-ring (bicyclic) bond motifs is 1. The maximum absolute atomic E-state index is 11.2. The maximum Gasteiger partial charge on any atom is 0.334 e. The summed E-state index contributed by atoms with van der Waals surface area (Å²) < 4.78 is 17.8. The van der Waals surface area contributed by atoms with E-state index < -0.39 is 36.3 Å². The molecule has 3 N–H and O–H groups in total. The van der Waals surface area contributed by atoms with Crippen molar-refractivity contribution in [3.8, 4) is 0 Å². The maximum atomic E-state index is 11.2. The molecule has 0 aliphatic carbocycles. The standard InChI is InChI=1S/C18H17NO5/c19-13-14(16(20)21)22-17-15(13)23-18(24-17,11-7-3-1-4-8-11)12-9-5-2-6-10-12/h1-10,13-15,17H,19H2,(H,20,21)/t13?,14-,15?,17+/m0/s1. The van der Waals surface area contributed by atoms with Gasteiger partial charge in [-0.05, 0) is 0 Å². The van der Waals surface area contributed by atoms with Crippen molar-refractivity contribution in [3.05, 3.63) is 71.8 Å². The number of hydrogen-bond acceptors (Lipinski definition) is 5. The Morgan fingerprint density at radius 2 is 1.50 bits per heavy atom. The van der Waals surface area contributed by atoms with E-state index in [-0.39, 0.29) is 0 Å². The Bertz CT molecular complexity index is 696. The predicted molar refractivity (Wildman–Crippen MR) is 83.9 cm³/mol. The summed E-state index contributed by atoms with van der Waals surface area (Å²) in [5.41, 5.74) is 7.63. The first-order chi connectivity index (χ1) is 11.6. The van der Waals surface area contributed by atoms with E-state index in [0.29, 0.717) is 0 Å². The molecule has 2 aromatic rings. The van der Waals surface area contributed by atoms with Gasteiger partial charge in [-0.2, -0.15) is 0 Å². The molecule has 6 nitrogen and oxygen atoms in total. The van der Waals surface area contributed by atoms with Crippen LogP contribution in [0.1, 0.15) is 11.1 Å². The summed E-state index contributed by atoms with van der Waals surface area (Å²) in [7, 11) is 0. The van der Waals surface area contributed by atoms with Crippen molar-refractivity contribution in [2.75, 3.05) is 0 Å². The van der Waals surface area contributed by atoms with Crippen LogP contribution in [0.2, 0.25) is 0 Å². The molecule has 4 rings (SSSR count). The lowest BCUT2D eigenvalue weighted by Crippen LogP contribution is -2.45. The van der Waals surface area contributed by atoms with Crippen molar-refractivity contribution in [2.45, 2.75) is 30.3 Å². The van der Waals surface area contributed by atoms with Gasteiger partial charge in [0.1, 0.15) is 6.10 Å². The van der Waals surface area contributed by atoms with E-state index in [9.17, 15) is 9.90 Å². The molecular weight excluding hydrogens is 310 g/mol. The van der Waals surface area contributed by atoms with Crippen LogP contribution in [0.5, 0.6) is 0 Å². The molecule has 0 radical (unpaired) electrons. The average molecular weight is 327 g/mol. The molecule has 0 aromatic heterocycles. The van der Waals surface area contributed by atoms with E-state index in [2.05, 4.69) is 0 Å². The molecule has 0 bridgehead atoms. The lowest BCUT2D eigenvalue weighted by atomic mass is 9.97. The van der Waals surface area contributed by atoms with Gasteiger partial charge >= 0.3 is 5.97 Å². The number of nitrogens with two attached hydrogens (primary N) is 1. The summed E-state index contributed by atoms with van der Waals surface area (Å²) in [5.74, 6) is -2.28. The van der Waals surface area contributed by atoms with Gasteiger partial charge in [0.25, 0.3) is 0 Å². The highest BCUT2D eigenvalue weighted by Gasteiger charge is 2.59. The normalized spacial score (nSPS) is 30.9. The Morgan fingerprint density at radius 3 is 1.96 bits per heavy atom. The topological polar surface area (TPSA) is 91.0 Å². The molecule has 4 atom stereocenters. The largest absolute Gasteiger partial charge is 0.479 e. The average Bonchev–Trinajstić information content (AvgIpc) is 3.14. The third-order valence-corrected chi connectivity index (χ3v) is 4.41. The molecule has 2 unspecified atom stereocenters. The summed E-state index contributed by atoms with van der Waals surface area (Å²) >= 11 is 0. The molecular formula is C18H17NO5. The number of carbonyl (C=O) groups is 1. The zero-order chi connectivity index (χ0) is 16.7. The van der Waals surface area contributed by atoms with Gasteiger partial charge in [-0.25, -0.2) is 4.79 Å². The summed E-state index contributed by atoms with van der Waals surface area (Å²) in [5, 5.41) is 9.19. The third-order valence-electron chi connectivity index (χ3n) is 4.41. The monoisotopic (exact) mass is 327 g/mol. The zero-order valence-corrected chi connectivity index (χ0v) is 12.7. The fourth-order valence-electron chi connectivity index (χ4n) is 3.26. The van der Waals surface area contributed by atoms with Gasteiger partial charge in [0.05, 0.1) is 6.04 Å². The Labute approximate surface area is 138 Å². The molecule has 2 aliphatic rings. The van der Waals surface area contributed by atoms with Crippen molar-refractivity contribution in [3.63, 3.8) is 0 Å². The summed E-state index contributed by atoms with van der Waals surface area (Å²) in [6.45, 7) is 0. The van der Waals surface area contributed by atoms with Crippen LogP contribution < -0.4 is 5.73 Å². The molecule has 2 saturated heterocycles. The third kappa shape index (κ3) is 2.23. The molecule has 124 valence electrons. The summed E-state index contributed by atoms with van der Waals surface area (Å²) in [6.07, 6.45) is -2.63. The van der Waals surface area contributed by atoms with Crippen LogP contribution >= 0.6 is 0 Å². The first-order valence-corrected chi connectivity index (χ1v) is 7.72. The molecule has 0 saturated carbocycles. The van der Waals surface area contributed by atoms with Gasteiger partial charge in [-0.1, -0.05) is 60.7 Å². The number of aliphatic carboxylic acids is 1. The van der Waals surface area contributed by atoms with Crippen LogP contribution in [0.4, 0.5) is 0 Å². The van der Waals surface area contributed by atoms with Crippen molar-refractivity contribution >= 4 is 5.97 Å². The highest BCUT2D eigenvalue weighted by atomic mass is 16.8. The quantitative estimate of drug-likeness (QED) is 0.886. The van der Waals surface area contributed by atoms with Gasteiger partial charge in [0.15, 0.2) is 12.4 Å². The highest BCUT2D eigenvalue weighted by Crippen LogP contribution is 2.46. The van der Waals surface area contributed by atoms with Crippen LogP contribution in [0, 0.1) is 0 Å². The smallest absolute Gasteiger partial charge is 0.334 e. The lowest BCUT2D eigenvalue weighted by molar-refractivity contribution is -0.214. The van der Waals surface area contributed by atoms with E-state index in [1.165, 1.54) is 0 Å².